The summed E-state index contributed by atoms with van der Waals surface area (Å²) >= 11 is 0. The van der Waals surface area contributed by atoms with Gasteiger partial charge in [-0.1, -0.05) is 0 Å². The number of rotatable bonds is 1. The van der Waals surface area contributed by atoms with Crippen molar-refractivity contribution in [3.8, 4) is 0 Å². The van der Waals surface area contributed by atoms with Crippen LogP contribution in [0.25, 0.3) is 0 Å². The zero-order valence-corrected chi connectivity index (χ0v) is 8.83. The number of halogens is 7. The maximum Gasteiger partial charge on any atom is 0.416 e. The third-order valence-corrected chi connectivity index (χ3v) is 2.02. The average Bonchev–Trinajstić information content (AvgIpc) is 2.25. The molecule has 0 spiro atoms. The molecule has 0 aliphatic heterocycles. The van der Waals surface area contributed by atoms with Gasteiger partial charge in [-0.05, 0) is 18.2 Å². The van der Waals surface area contributed by atoms with Crippen molar-refractivity contribution in [1.29, 1.82) is 0 Å². The fraction of sp³-hybridized carbons (Fsp3) is 0.300. The van der Waals surface area contributed by atoms with E-state index >= 15 is 0 Å². The van der Waals surface area contributed by atoms with Gasteiger partial charge in [0.2, 0.25) is 5.97 Å². The molecule has 0 unspecified atom stereocenters. The monoisotopic (exact) mass is 273 g/mol. The highest BCUT2D eigenvalue weighted by Crippen LogP contribution is 2.36. The third-order valence-electron chi connectivity index (χ3n) is 2.02. The number of nitrogens with zero attached hydrogens (tertiary/aromatic N) is 1. The van der Waals surface area contributed by atoms with Crippen molar-refractivity contribution in [2.75, 3.05) is 7.05 Å². The van der Waals surface area contributed by atoms with Crippen LogP contribution < -0.4 is 0 Å². The second-order valence-electron chi connectivity index (χ2n) is 3.31. The number of benzene rings is 1. The second-order valence-corrected chi connectivity index (χ2v) is 3.31. The van der Waals surface area contributed by atoms with Gasteiger partial charge in [-0.15, -0.1) is 0 Å². The van der Waals surface area contributed by atoms with Crippen LogP contribution in [0.4, 0.5) is 30.7 Å². The molecule has 0 saturated heterocycles. The molecule has 0 radical (unpaired) electrons. The van der Waals surface area contributed by atoms with E-state index in [0.717, 1.165) is 7.05 Å². The Morgan fingerprint density at radius 1 is 0.889 bits per heavy atom. The summed E-state index contributed by atoms with van der Waals surface area (Å²) in [5.74, 6) is -1.40. The topological polar surface area (TPSA) is 12.4 Å². The molecule has 18 heavy (non-hydrogen) atoms. The zero-order valence-electron chi connectivity index (χ0n) is 8.83. The Morgan fingerprint density at radius 2 is 1.28 bits per heavy atom. The van der Waals surface area contributed by atoms with Gasteiger partial charge in [0.25, 0.3) is 0 Å². The lowest BCUT2D eigenvalue weighted by Gasteiger charge is -2.13. The summed E-state index contributed by atoms with van der Waals surface area (Å²) in [7, 11) is 0.920. The third kappa shape index (κ3) is 3.21. The lowest BCUT2D eigenvalue weighted by molar-refractivity contribution is -0.143. The molecule has 0 bridgehead atoms. The lowest BCUT2D eigenvalue weighted by Crippen LogP contribution is -2.12. The van der Waals surface area contributed by atoms with Gasteiger partial charge >= 0.3 is 12.4 Å². The first-order valence-electron chi connectivity index (χ1n) is 4.48. The molecule has 0 fully saturated rings. The van der Waals surface area contributed by atoms with Crippen molar-refractivity contribution >= 4 is 5.97 Å². The van der Waals surface area contributed by atoms with E-state index in [1.54, 1.807) is 0 Å². The summed E-state index contributed by atoms with van der Waals surface area (Å²) in [5.41, 5.74) is -4.02. The molecule has 0 aliphatic carbocycles. The van der Waals surface area contributed by atoms with Crippen molar-refractivity contribution in [2.45, 2.75) is 12.4 Å². The van der Waals surface area contributed by atoms with Crippen LogP contribution in [0.15, 0.2) is 23.2 Å². The van der Waals surface area contributed by atoms with Crippen LogP contribution in [-0.4, -0.2) is 13.0 Å². The van der Waals surface area contributed by atoms with Gasteiger partial charge in [-0.2, -0.15) is 30.7 Å². The average molecular weight is 273 g/mol. The van der Waals surface area contributed by atoms with E-state index in [-0.39, 0.29) is 18.2 Å². The van der Waals surface area contributed by atoms with Crippen LogP contribution >= 0.6 is 0 Å². The second kappa shape index (κ2) is 4.58. The fourth-order valence-electron chi connectivity index (χ4n) is 1.20. The summed E-state index contributed by atoms with van der Waals surface area (Å²) in [6.45, 7) is 0. The molecule has 8 heteroatoms. The first-order valence-corrected chi connectivity index (χ1v) is 4.48. The van der Waals surface area contributed by atoms with Crippen LogP contribution in [0.5, 0.6) is 0 Å². The molecule has 0 saturated carbocycles. The molecule has 1 rings (SSSR count). The Balaban J connectivity index is 3.49. The first-order chi connectivity index (χ1) is 8.05. The maximum atomic E-state index is 13.0. The summed E-state index contributed by atoms with van der Waals surface area (Å²) in [6, 6.07) is 0.474. The SMILES string of the molecule is CN=C(F)c1cc(C(F)(F)F)cc(C(F)(F)F)c1. The molecular weight excluding hydrogens is 267 g/mol. The highest BCUT2D eigenvalue weighted by molar-refractivity contribution is 5.93. The number of hydrogen-bond donors (Lipinski definition) is 0. The minimum absolute atomic E-state index is 0.0769. The molecule has 0 amide bonds. The highest BCUT2D eigenvalue weighted by atomic mass is 19.4. The molecule has 0 heterocycles. The van der Waals surface area contributed by atoms with Crippen molar-refractivity contribution in [3.63, 3.8) is 0 Å². The van der Waals surface area contributed by atoms with Crippen LogP contribution in [0.2, 0.25) is 0 Å². The molecular formula is C10H6F7N. The van der Waals surface area contributed by atoms with Crippen LogP contribution in [0.1, 0.15) is 16.7 Å². The predicted molar refractivity (Wildman–Crippen MR) is 50.0 cm³/mol. The Kier molecular flexibility index (Phi) is 3.68. The van der Waals surface area contributed by atoms with E-state index in [1.165, 1.54) is 0 Å². The standard InChI is InChI=1S/C10H6F7N/c1-18-8(11)5-2-6(9(12,13)14)4-7(3-5)10(15,16)17/h2-4H,1H3. The van der Waals surface area contributed by atoms with Gasteiger partial charge in [0.05, 0.1) is 11.1 Å². The van der Waals surface area contributed by atoms with Crippen LogP contribution in [0.3, 0.4) is 0 Å². The molecule has 0 aromatic heterocycles. The molecule has 100 valence electrons. The Hall–Kier alpha value is -1.60. The van der Waals surface area contributed by atoms with Gasteiger partial charge in [0.15, 0.2) is 0 Å². The first kappa shape index (κ1) is 14.5. The Labute approximate surface area is 96.9 Å². The lowest BCUT2D eigenvalue weighted by atomic mass is 10.0. The Morgan fingerprint density at radius 3 is 1.56 bits per heavy atom. The number of aliphatic imine (C=N–C) groups is 1. The van der Waals surface area contributed by atoms with E-state index in [1.807, 2.05) is 0 Å². The molecule has 0 aliphatic rings. The van der Waals surface area contributed by atoms with Crippen molar-refractivity contribution in [2.24, 2.45) is 4.99 Å². The molecule has 1 aromatic carbocycles. The van der Waals surface area contributed by atoms with Gasteiger partial charge in [0, 0.05) is 12.6 Å². The van der Waals surface area contributed by atoms with E-state index in [4.69, 9.17) is 0 Å². The molecule has 1 nitrogen and oxygen atoms in total. The maximum absolute atomic E-state index is 13.0. The van der Waals surface area contributed by atoms with Gasteiger partial charge < -0.3 is 0 Å². The minimum atomic E-state index is -5.00. The molecule has 1 aromatic rings. The van der Waals surface area contributed by atoms with E-state index in [2.05, 4.69) is 4.99 Å². The van der Waals surface area contributed by atoms with Crippen molar-refractivity contribution in [1.82, 2.24) is 0 Å². The predicted octanol–water partition coefficient (Wildman–Crippen LogP) is 4.07. The van der Waals surface area contributed by atoms with Crippen molar-refractivity contribution < 1.29 is 30.7 Å². The quantitative estimate of drug-likeness (QED) is 0.540. The van der Waals surface area contributed by atoms with Crippen LogP contribution in [-0.2, 0) is 12.4 Å². The minimum Gasteiger partial charge on any atom is -0.261 e. The van der Waals surface area contributed by atoms with E-state index in [9.17, 15) is 30.7 Å². The normalized spacial score (nSPS) is 13.9. The van der Waals surface area contributed by atoms with Crippen molar-refractivity contribution in [3.05, 3.63) is 34.9 Å². The molecule has 0 atom stereocenters. The highest BCUT2D eigenvalue weighted by Gasteiger charge is 2.37. The van der Waals surface area contributed by atoms with Gasteiger partial charge in [0.1, 0.15) is 0 Å². The summed E-state index contributed by atoms with van der Waals surface area (Å²) in [6.07, 6.45) is -9.99. The fourth-order valence-corrected chi connectivity index (χ4v) is 1.20. The largest absolute Gasteiger partial charge is 0.416 e. The Bertz CT molecular complexity index is 438. The molecule has 0 N–H and O–H groups in total. The number of alkyl halides is 6. The number of hydrogen-bond acceptors (Lipinski definition) is 1. The summed E-state index contributed by atoms with van der Waals surface area (Å²) in [5, 5.41) is 0. The summed E-state index contributed by atoms with van der Waals surface area (Å²) in [4.78, 5) is 2.92. The van der Waals surface area contributed by atoms with Gasteiger partial charge in [-0.3, -0.25) is 4.99 Å². The zero-order chi connectivity index (χ0) is 14.1. The van der Waals surface area contributed by atoms with E-state index in [0.29, 0.717) is 0 Å². The smallest absolute Gasteiger partial charge is 0.261 e. The van der Waals surface area contributed by atoms with Crippen LogP contribution in [0, 0.1) is 0 Å². The van der Waals surface area contributed by atoms with E-state index < -0.39 is 35.0 Å². The summed E-state index contributed by atoms with van der Waals surface area (Å²) < 4.78 is 87.3. The van der Waals surface area contributed by atoms with Gasteiger partial charge in [-0.25, -0.2) is 0 Å².